The standard InChI is InChI=1S/C13H22N4O4/c1-4-6-10(13(18)19)8-14-12-11(17(20)21)9(3)15-16(12)7-5-2/h10,14H,4-8H2,1-3H3,(H,18,19). The largest absolute Gasteiger partial charge is 0.481 e. The van der Waals surface area contributed by atoms with Crippen LogP contribution in [0.3, 0.4) is 0 Å². The number of carboxylic acid groups (broad SMARTS) is 1. The second-order valence-corrected chi connectivity index (χ2v) is 4.97. The van der Waals surface area contributed by atoms with Gasteiger partial charge in [-0.05, 0) is 19.8 Å². The number of anilines is 1. The fraction of sp³-hybridized carbons (Fsp3) is 0.692. The van der Waals surface area contributed by atoms with E-state index in [-0.39, 0.29) is 12.2 Å². The highest BCUT2D eigenvalue weighted by Gasteiger charge is 2.26. The van der Waals surface area contributed by atoms with E-state index in [0.717, 1.165) is 12.8 Å². The first kappa shape index (κ1) is 16.9. The second-order valence-electron chi connectivity index (χ2n) is 4.97. The van der Waals surface area contributed by atoms with Gasteiger partial charge in [0.15, 0.2) is 0 Å². The third-order valence-corrected chi connectivity index (χ3v) is 3.22. The Morgan fingerprint density at radius 2 is 2.14 bits per heavy atom. The summed E-state index contributed by atoms with van der Waals surface area (Å²) in [6.45, 7) is 6.13. The van der Waals surface area contributed by atoms with Crippen LogP contribution in [0.5, 0.6) is 0 Å². The van der Waals surface area contributed by atoms with Crippen LogP contribution in [-0.2, 0) is 11.3 Å². The first-order valence-corrected chi connectivity index (χ1v) is 7.10. The summed E-state index contributed by atoms with van der Waals surface area (Å²) in [5.41, 5.74) is 0.252. The lowest BCUT2D eigenvalue weighted by atomic mass is 10.0. The predicted octanol–water partition coefficient (Wildman–Crippen LogP) is 2.42. The molecule has 1 aromatic heterocycles. The number of carboxylic acids is 1. The summed E-state index contributed by atoms with van der Waals surface area (Å²) in [5.74, 6) is -1.17. The Balaban J connectivity index is 2.99. The lowest BCUT2D eigenvalue weighted by Crippen LogP contribution is -2.24. The number of aromatic nitrogens is 2. The van der Waals surface area contributed by atoms with E-state index in [9.17, 15) is 14.9 Å². The van der Waals surface area contributed by atoms with Crippen molar-refractivity contribution in [2.24, 2.45) is 5.92 Å². The molecule has 0 saturated heterocycles. The molecule has 0 aromatic carbocycles. The van der Waals surface area contributed by atoms with Crippen LogP contribution < -0.4 is 5.32 Å². The van der Waals surface area contributed by atoms with Gasteiger partial charge in [0.25, 0.3) is 0 Å². The maximum Gasteiger partial charge on any atom is 0.333 e. The van der Waals surface area contributed by atoms with E-state index in [4.69, 9.17) is 5.11 Å². The summed E-state index contributed by atoms with van der Waals surface area (Å²) < 4.78 is 1.54. The highest BCUT2D eigenvalue weighted by molar-refractivity contribution is 5.71. The Kier molecular flexibility index (Phi) is 6.13. The van der Waals surface area contributed by atoms with Crippen molar-refractivity contribution in [3.8, 4) is 0 Å². The summed E-state index contributed by atoms with van der Waals surface area (Å²) in [6.07, 6.45) is 2.05. The van der Waals surface area contributed by atoms with Gasteiger partial charge in [-0.1, -0.05) is 20.3 Å². The summed E-state index contributed by atoms with van der Waals surface area (Å²) in [6, 6.07) is 0. The van der Waals surface area contributed by atoms with E-state index in [1.54, 1.807) is 11.6 Å². The number of hydrogen-bond donors (Lipinski definition) is 2. The Labute approximate surface area is 123 Å². The minimum absolute atomic E-state index is 0.0795. The molecule has 0 amide bonds. The number of aliphatic carboxylic acids is 1. The van der Waals surface area contributed by atoms with E-state index >= 15 is 0 Å². The third kappa shape index (κ3) is 4.17. The van der Waals surface area contributed by atoms with Crippen LogP contribution in [-0.4, -0.2) is 32.3 Å². The molecule has 1 atom stereocenters. The number of nitrogens with one attached hydrogen (secondary N) is 1. The lowest BCUT2D eigenvalue weighted by molar-refractivity contribution is -0.384. The summed E-state index contributed by atoms with van der Waals surface area (Å²) >= 11 is 0. The van der Waals surface area contributed by atoms with Crippen LogP contribution in [0.25, 0.3) is 0 Å². The number of carbonyl (C=O) groups is 1. The molecule has 8 heteroatoms. The fourth-order valence-corrected chi connectivity index (χ4v) is 2.22. The number of nitro groups is 1. The zero-order valence-corrected chi connectivity index (χ0v) is 12.6. The molecular weight excluding hydrogens is 276 g/mol. The summed E-state index contributed by atoms with van der Waals surface area (Å²) in [5, 5.41) is 27.4. The zero-order chi connectivity index (χ0) is 16.0. The molecule has 0 radical (unpaired) electrons. The molecule has 2 N–H and O–H groups in total. The fourth-order valence-electron chi connectivity index (χ4n) is 2.22. The van der Waals surface area contributed by atoms with Crippen LogP contribution in [0.1, 0.15) is 38.8 Å². The van der Waals surface area contributed by atoms with Gasteiger partial charge in [-0.3, -0.25) is 14.9 Å². The molecule has 1 aromatic rings. The minimum Gasteiger partial charge on any atom is -0.481 e. The van der Waals surface area contributed by atoms with Gasteiger partial charge in [0, 0.05) is 13.1 Å². The molecule has 0 bridgehead atoms. The molecule has 1 unspecified atom stereocenters. The smallest absolute Gasteiger partial charge is 0.333 e. The van der Waals surface area contributed by atoms with Crippen molar-refractivity contribution in [2.45, 2.75) is 46.6 Å². The molecule has 0 aliphatic heterocycles. The molecule has 8 nitrogen and oxygen atoms in total. The number of hydrogen-bond acceptors (Lipinski definition) is 5. The summed E-state index contributed by atoms with van der Waals surface area (Å²) in [4.78, 5) is 21.8. The van der Waals surface area contributed by atoms with Gasteiger partial charge in [-0.2, -0.15) is 5.10 Å². The van der Waals surface area contributed by atoms with Crippen molar-refractivity contribution in [3.05, 3.63) is 15.8 Å². The van der Waals surface area contributed by atoms with Crippen molar-refractivity contribution >= 4 is 17.5 Å². The van der Waals surface area contributed by atoms with E-state index < -0.39 is 16.8 Å². The monoisotopic (exact) mass is 298 g/mol. The highest BCUT2D eigenvalue weighted by Crippen LogP contribution is 2.28. The average molecular weight is 298 g/mol. The molecule has 1 rings (SSSR count). The number of aryl methyl sites for hydroxylation is 2. The molecule has 0 fully saturated rings. The highest BCUT2D eigenvalue weighted by atomic mass is 16.6. The third-order valence-electron chi connectivity index (χ3n) is 3.22. The van der Waals surface area contributed by atoms with Gasteiger partial charge in [-0.25, -0.2) is 4.68 Å². The van der Waals surface area contributed by atoms with E-state index in [1.165, 1.54) is 0 Å². The summed E-state index contributed by atoms with van der Waals surface area (Å²) in [7, 11) is 0. The first-order valence-electron chi connectivity index (χ1n) is 7.10. The average Bonchev–Trinajstić information content (AvgIpc) is 2.70. The van der Waals surface area contributed by atoms with Gasteiger partial charge < -0.3 is 10.4 Å². The van der Waals surface area contributed by atoms with Crippen LogP contribution in [0.4, 0.5) is 11.5 Å². The molecule has 0 aliphatic rings. The molecule has 0 spiro atoms. The maximum atomic E-state index is 11.2. The Morgan fingerprint density at radius 1 is 1.48 bits per heavy atom. The van der Waals surface area contributed by atoms with Crippen molar-refractivity contribution < 1.29 is 14.8 Å². The van der Waals surface area contributed by atoms with Crippen molar-refractivity contribution in [3.63, 3.8) is 0 Å². The van der Waals surface area contributed by atoms with Crippen LogP contribution in [0.15, 0.2) is 0 Å². The molecule has 21 heavy (non-hydrogen) atoms. The minimum atomic E-state index is -0.898. The van der Waals surface area contributed by atoms with Crippen molar-refractivity contribution in [1.29, 1.82) is 0 Å². The van der Waals surface area contributed by atoms with Gasteiger partial charge >= 0.3 is 11.7 Å². The van der Waals surface area contributed by atoms with E-state index in [2.05, 4.69) is 10.4 Å². The quantitative estimate of drug-likeness (QED) is 0.535. The molecule has 1 heterocycles. The normalized spacial score (nSPS) is 12.1. The van der Waals surface area contributed by atoms with Gasteiger partial charge in [0.1, 0.15) is 5.69 Å². The molecule has 118 valence electrons. The molecular formula is C13H22N4O4. The van der Waals surface area contributed by atoms with Gasteiger partial charge in [-0.15, -0.1) is 0 Å². The van der Waals surface area contributed by atoms with E-state index in [0.29, 0.717) is 24.5 Å². The SMILES string of the molecule is CCCC(CNc1c([N+](=O)[O-])c(C)nn1CCC)C(=O)O. The van der Waals surface area contributed by atoms with E-state index in [1.807, 2.05) is 13.8 Å². The van der Waals surface area contributed by atoms with Gasteiger partial charge in [0.2, 0.25) is 5.82 Å². The zero-order valence-electron chi connectivity index (χ0n) is 12.6. The molecule has 0 saturated carbocycles. The van der Waals surface area contributed by atoms with Crippen molar-refractivity contribution in [1.82, 2.24) is 9.78 Å². The molecule has 0 aliphatic carbocycles. The van der Waals surface area contributed by atoms with Crippen LogP contribution in [0, 0.1) is 23.0 Å². The number of rotatable bonds is 9. The first-order chi connectivity index (χ1) is 9.92. The Bertz CT molecular complexity index is 513. The second kappa shape index (κ2) is 7.61. The van der Waals surface area contributed by atoms with Crippen LogP contribution in [0.2, 0.25) is 0 Å². The predicted molar refractivity (Wildman–Crippen MR) is 78.4 cm³/mol. The number of nitrogens with zero attached hydrogens (tertiary/aromatic N) is 3. The topological polar surface area (TPSA) is 110 Å². The van der Waals surface area contributed by atoms with Crippen molar-refractivity contribution in [2.75, 3.05) is 11.9 Å². The Morgan fingerprint density at radius 3 is 2.62 bits per heavy atom. The van der Waals surface area contributed by atoms with Gasteiger partial charge in [0.05, 0.1) is 10.8 Å². The lowest BCUT2D eigenvalue weighted by Gasteiger charge is -2.13. The maximum absolute atomic E-state index is 11.2. The Hall–Kier alpha value is -2.12. The van der Waals surface area contributed by atoms with Crippen LogP contribution >= 0.6 is 0 Å².